The number of rotatable bonds is 1. The molecule has 2 fully saturated rings. The number of hydrogen-bond donors (Lipinski definition) is 3. The molecule has 3 N–H and O–H groups in total. The zero-order valence-electron chi connectivity index (χ0n) is 19.8. The Morgan fingerprint density at radius 3 is 2.54 bits per heavy atom. The second kappa shape index (κ2) is 11.7. The maximum Gasteiger partial charge on any atom is 0.257 e. The molecular weight excluding hydrogens is 472 g/mol. The standard InChI is InChI=1S/C25H33ClN4O5/c26-18-8-9-20-17(13-18)14-28-24(33)19-7-4-12-30(19)25(34)23(16-5-2-1-3-6-16)29-21(31)10-11-27-22(32)15-35-20/h8-9,13,16,19,23H,1-7,10-12,14-15H2,(H,27,32)(H,28,33)(H,29,31)/t19-,23?/m0/s1. The van der Waals surface area contributed by atoms with E-state index in [0.29, 0.717) is 29.3 Å². The molecule has 4 rings (SSSR count). The van der Waals surface area contributed by atoms with Gasteiger partial charge in [-0.05, 0) is 49.8 Å². The van der Waals surface area contributed by atoms with Crippen LogP contribution in [-0.2, 0) is 25.7 Å². The lowest BCUT2D eigenvalue weighted by atomic mass is 9.83. The fraction of sp³-hybridized carbons (Fsp3) is 0.600. The number of hydrogen-bond acceptors (Lipinski definition) is 5. The van der Waals surface area contributed by atoms with E-state index >= 15 is 0 Å². The van der Waals surface area contributed by atoms with Crippen LogP contribution in [0.15, 0.2) is 18.2 Å². The Morgan fingerprint density at radius 1 is 0.943 bits per heavy atom. The Kier molecular flexibility index (Phi) is 8.49. The van der Waals surface area contributed by atoms with E-state index in [-0.39, 0.29) is 55.7 Å². The van der Waals surface area contributed by atoms with Crippen molar-refractivity contribution in [1.82, 2.24) is 20.9 Å². The molecule has 2 atom stereocenters. The van der Waals surface area contributed by atoms with Crippen molar-refractivity contribution in [3.05, 3.63) is 28.8 Å². The molecule has 1 unspecified atom stereocenters. The zero-order chi connectivity index (χ0) is 24.8. The van der Waals surface area contributed by atoms with E-state index in [2.05, 4.69) is 16.0 Å². The van der Waals surface area contributed by atoms with Crippen LogP contribution >= 0.6 is 11.6 Å². The Morgan fingerprint density at radius 2 is 1.74 bits per heavy atom. The topological polar surface area (TPSA) is 117 Å². The molecule has 1 saturated heterocycles. The monoisotopic (exact) mass is 504 g/mol. The van der Waals surface area contributed by atoms with Crippen molar-refractivity contribution >= 4 is 35.2 Å². The Hall–Kier alpha value is -2.81. The molecule has 1 aliphatic carbocycles. The molecule has 35 heavy (non-hydrogen) atoms. The summed E-state index contributed by atoms with van der Waals surface area (Å²) in [5, 5.41) is 9.01. The van der Waals surface area contributed by atoms with Gasteiger partial charge in [-0.1, -0.05) is 30.9 Å². The van der Waals surface area contributed by atoms with Gasteiger partial charge in [0.25, 0.3) is 5.91 Å². The molecule has 1 aromatic rings. The van der Waals surface area contributed by atoms with Crippen molar-refractivity contribution in [3.63, 3.8) is 0 Å². The molecule has 1 aromatic carbocycles. The summed E-state index contributed by atoms with van der Waals surface area (Å²) >= 11 is 6.15. The molecule has 2 heterocycles. The molecule has 0 radical (unpaired) electrons. The minimum atomic E-state index is -0.662. The van der Waals surface area contributed by atoms with E-state index in [4.69, 9.17) is 16.3 Å². The second-order valence-electron chi connectivity index (χ2n) is 9.49. The number of benzene rings is 1. The lowest BCUT2D eigenvalue weighted by Gasteiger charge is -2.34. The van der Waals surface area contributed by atoms with Crippen LogP contribution in [0.25, 0.3) is 0 Å². The molecule has 2 aliphatic heterocycles. The Labute approximate surface area is 210 Å². The maximum atomic E-state index is 13.7. The van der Waals surface area contributed by atoms with Crippen LogP contribution in [0.1, 0.15) is 56.9 Å². The van der Waals surface area contributed by atoms with Crippen LogP contribution in [0.3, 0.4) is 0 Å². The molecule has 0 aromatic heterocycles. The highest BCUT2D eigenvalue weighted by molar-refractivity contribution is 6.30. The van der Waals surface area contributed by atoms with Gasteiger partial charge in [0.05, 0.1) is 0 Å². The molecular formula is C25H33ClN4O5. The van der Waals surface area contributed by atoms with Gasteiger partial charge in [0.2, 0.25) is 17.7 Å². The molecule has 1 saturated carbocycles. The first-order valence-electron chi connectivity index (χ1n) is 12.5. The molecule has 190 valence electrons. The number of nitrogens with one attached hydrogen (secondary N) is 3. The van der Waals surface area contributed by atoms with Crippen LogP contribution in [0, 0.1) is 5.92 Å². The highest BCUT2D eigenvalue weighted by Gasteiger charge is 2.40. The van der Waals surface area contributed by atoms with Gasteiger partial charge in [0.15, 0.2) is 6.61 Å². The molecule has 10 heteroatoms. The van der Waals surface area contributed by atoms with Crippen LogP contribution in [-0.4, -0.2) is 60.3 Å². The van der Waals surface area contributed by atoms with Gasteiger partial charge >= 0.3 is 0 Å². The average molecular weight is 505 g/mol. The fourth-order valence-corrected chi connectivity index (χ4v) is 5.41. The minimum Gasteiger partial charge on any atom is -0.483 e. The molecule has 0 bridgehead atoms. The first kappa shape index (κ1) is 25.3. The minimum absolute atomic E-state index is 0.0450. The molecule has 0 spiro atoms. The lowest BCUT2D eigenvalue weighted by Crippen LogP contribution is -2.56. The van der Waals surface area contributed by atoms with Gasteiger partial charge in [-0.15, -0.1) is 0 Å². The van der Waals surface area contributed by atoms with Gasteiger partial charge < -0.3 is 25.6 Å². The summed E-state index contributed by atoms with van der Waals surface area (Å²) < 4.78 is 5.66. The predicted octanol–water partition coefficient (Wildman–Crippen LogP) is 1.91. The number of nitrogens with zero attached hydrogens (tertiary/aromatic N) is 1. The lowest BCUT2D eigenvalue weighted by molar-refractivity contribution is -0.143. The smallest absolute Gasteiger partial charge is 0.257 e. The predicted molar refractivity (Wildman–Crippen MR) is 130 cm³/mol. The fourth-order valence-electron chi connectivity index (χ4n) is 5.21. The second-order valence-corrected chi connectivity index (χ2v) is 9.93. The third-order valence-electron chi connectivity index (χ3n) is 7.05. The third kappa shape index (κ3) is 6.45. The van der Waals surface area contributed by atoms with Crippen molar-refractivity contribution in [2.24, 2.45) is 5.92 Å². The van der Waals surface area contributed by atoms with Crippen molar-refractivity contribution in [3.8, 4) is 5.75 Å². The number of halogens is 1. The summed E-state index contributed by atoms with van der Waals surface area (Å²) in [5.41, 5.74) is 0.635. The Bertz CT molecular complexity index is 965. The molecule has 9 nitrogen and oxygen atoms in total. The van der Waals surface area contributed by atoms with Gasteiger partial charge in [-0.3, -0.25) is 19.2 Å². The number of carbonyl (C=O) groups is 4. The van der Waals surface area contributed by atoms with Crippen molar-refractivity contribution in [2.45, 2.75) is 70.0 Å². The number of amides is 4. The summed E-state index contributed by atoms with van der Waals surface area (Å²) in [6, 6.07) is 3.73. The van der Waals surface area contributed by atoms with E-state index in [0.717, 1.165) is 38.5 Å². The third-order valence-corrected chi connectivity index (χ3v) is 7.29. The normalized spacial score (nSPS) is 25.5. The van der Waals surface area contributed by atoms with Gasteiger partial charge in [-0.2, -0.15) is 0 Å². The van der Waals surface area contributed by atoms with E-state index in [1.54, 1.807) is 23.1 Å². The van der Waals surface area contributed by atoms with E-state index < -0.39 is 12.1 Å². The van der Waals surface area contributed by atoms with E-state index in [1.807, 2.05) is 0 Å². The maximum absolute atomic E-state index is 13.7. The molecule has 3 aliphatic rings. The van der Waals surface area contributed by atoms with Crippen LogP contribution in [0.4, 0.5) is 0 Å². The van der Waals surface area contributed by atoms with E-state index in [1.165, 1.54) is 0 Å². The van der Waals surface area contributed by atoms with Crippen molar-refractivity contribution in [1.29, 1.82) is 0 Å². The van der Waals surface area contributed by atoms with Crippen LogP contribution < -0.4 is 20.7 Å². The summed E-state index contributed by atoms with van der Waals surface area (Å²) in [4.78, 5) is 53.4. The summed E-state index contributed by atoms with van der Waals surface area (Å²) in [6.07, 6.45) is 6.25. The van der Waals surface area contributed by atoms with Gasteiger partial charge in [0, 0.05) is 36.6 Å². The largest absolute Gasteiger partial charge is 0.483 e. The zero-order valence-corrected chi connectivity index (χ0v) is 20.6. The summed E-state index contributed by atoms with van der Waals surface area (Å²) in [6.45, 7) is 0.540. The van der Waals surface area contributed by atoms with Crippen molar-refractivity contribution < 1.29 is 23.9 Å². The average Bonchev–Trinajstić information content (AvgIpc) is 3.35. The Balaban J connectivity index is 1.58. The van der Waals surface area contributed by atoms with Gasteiger partial charge in [0.1, 0.15) is 17.8 Å². The highest BCUT2D eigenvalue weighted by atomic mass is 35.5. The number of ether oxygens (including phenoxy) is 1. The van der Waals surface area contributed by atoms with Gasteiger partial charge in [-0.25, -0.2) is 0 Å². The number of fused-ring (bicyclic) bond motifs is 2. The van der Waals surface area contributed by atoms with Crippen LogP contribution in [0.2, 0.25) is 5.02 Å². The first-order valence-corrected chi connectivity index (χ1v) is 12.9. The SMILES string of the molecule is O=C1COc2ccc(Cl)cc2CNC(=O)[C@@H]2CCCN2C(=O)C(C2CCCCC2)NC(=O)CCN1. The summed E-state index contributed by atoms with van der Waals surface area (Å²) in [5.74, 6) is -0.625. The quantitative estimate of drug-likeness (QED) is 0.540. The first-order chi connectivity index (χ1) is 16.9. The van der Waals surface area contributed by atoms with E-state index in [9.17, 15) is 19.2 Å². The number of carbonyl (C=O) groups excluding carboxylic acids is 4. The summed E-state index contributed by atoms with van der Waals surface area (Å²) in [7, 11) is 0. The highest BCUT2D eigenvalue weighted by Crippen LogP contribution is 2.30. The molecule has 4 amide bonds. The van der Waals surface area contributed by atoms with Crippen LogP contribution in [0.5, 0.6) is 5.75 Å². The van der Waals surface area contributed by atoms with Crippen molar-refractivity contribution in [2.75, 3.05) is 19.7 Å².